The standard InChI is InChI=1S/C9H15NO3.C6H11NO3/c1-10(2)8(11)6-4-3-5-7-9(12)13;7-6(8)10-4-5-1-2-9-3-5/h4,6H,3,5,7H2,1-2H3,(H,12,13);5H,1-4H2,(H2,7,8)/b6-4+;. The minimum Gasteiger partial charge on any atom is -0.481 e. The Kier molecular flexibility index (Phi) is 11.3. The number of carboxylic acids is 1. The Balaban J connectivity index is 0.000000433. The molecule has 0 saturated carbocycles. The van der Waals surface area contributed by atoms with Crippen LogP contribution in [-0.4, -0.2) is 61.9 Å². The third kappa shape index (κ3) is 13.3. The second kappa shape index (κ2) is 12.5. The van der Waals surface area contributed by atoms with E-state index in [4.69, 9.17) is 15.6 Å². The molecule has 23 heavy (non-hydrogen) atoms. The van der Waals surface area contributed by atoms with E-state index in [-0.39, 0.29) is 12.3 Å². The molecule has 0 aliphatic carbocycles. The van der Waals surface area contributed by atoms with Crippen LogP contribution in [0.5, 0.6) is 0 Å². The van der Waals surface area contributed by atoms with Gasteiger partial charge in [-0.25, -0.2) is 4.79 Å². The lowest BCUT2D eigenvalue weighted by molar-refractivity contribution is -0.137. The van der Waals surface area contributed by atoms with Crippen molar-refractivity contribution in [2.45, 2.75) is 25.7 Å². The number of hydrogen-bond donors (Lipinski definition) is 2. The van der Waals surface area contributed by atoms with Crippen LogP contribution in [0.3, 0.4) is 0 Å². The van der Waals surface area contributed by atoms with E-state index in [0.29, 0.717) is 32.0 Å². The topological polar surface area (TPSA) is 119 Å². The molecule has 1 unspecified atom stereocenters. The number of unbranched alkanes of at least 4 members (excludes halogenated alkanes) is 1. The maximum absolute atomic E-state index is 11.0. The van der Waals surface area contributed by atoms with Crippen LogP contribution in [0.15, 0.2) is 12.2 Å². The molecule has 1 aliphatic heterocycles. The van der Waals surface area contributed by atoms with Crippen molar-refractivity contribution in [3.63, 3.8) is 0 Å². The van der Waals surface area contributed by atoms with E-state index in [1.807, 2.05) is 0 Å². The Hall–Kier alpha value is -2.09. The van der Waals surface area contributed by atoms with Crippen molar-refractivity contribution < 1.29 is 29.0 Å². The van der Waals surface area contributed by atoms with Crippen LogP contribution in [0.4, 0.5) is 4.79 Å². The summed E-state index contributed by atoms with van der Waals surface area (Å²) in [6.07, 6.45) is 4.78. The lowest BCUT2D eigenvalue weighted by atomic mass is 10.1. The van der Waals surface area contributed by atoms with Crippen LogP contribution in [0, 0.1) is 5.92 Å². The second-order valence-electron chi connectivity index (χ2n) is 5.28. The Bertz CT molecular complexity index is 403. The molecule has 3 N–H and O–H groups in total. The first-order valence-corrected chi connectivity index (χ1v) is 7.42. The van der Waals surface area contributed by atoms with E-state index in [0.717, 1.165) is 13.0 Å². The summed E-state index contributed by atoms with van der Waals surface area (Å²) < 4.78 is 9.64. The van der Waals surface area contributed by atoms with Gasteiger partial charge in [0.05, 0.1) is 13.2 Å². The highest BCUT2D eigenvalue weighted by atomic mass is 16.5. The highest BCUT2D eigenvalue weighted by Crippen LogP contribution is 2.11. The Labute approximate surface area is 136 Å². The lowest BCUT2D eigenvalue weighted by Crippen LogP contribution is -2.18. The van der Waals surface area contributed by atoms with Crippen molar-refractivity contribution in [1.82, 2.24) is 4.90 Å². The third-order valence-electron chi connectivity index (χ3n) is 2.95. The van der Waals surface area contributed by atoms with Crippen LogP contribution in [0.25, 0.3) is 0 Å². The number of nitrogens with zero attached hydrogens (tertiary/aromatic N) is 1. The van der Waals surface area contributed by atoms with Gasteiger partial charge in [-0.3, -0.25) is 9.59 Å². The van der Waals surface area contributed by atoms with E-state index in [9.17, 15) is 14.4 Å². The smallest absolute Gasteiger partial charge is 0.404 e. The molecule has 8 nitrogen and oxygen atoms in total. The number of hydrogen-bond acceptors (Lipinski definition) is 5. The first-order valence-electron chi connectivity index (χ1n) is 7.42. The maximum Gasteiger partial charge on any atom is 0.404 e. The number of amides is 2. The van der Waals surface area contributed by atoms with Gasteiger partial charge in [0.1, 0.15) is 0 Å². The van der Waals surface area contributed by atoms with Crippen molar-refractivity contribution in [2.75, 3.05) is 33.9 Å². The van der Waals surface area contributed by atoms with E-state index in [2.05, 4.69) is 4.74 Å². The minimum absolute atomic E-state index is 0.0738. The van der Waals surface area contributed by atoms with Gasteiger partial charge in [0.2, 0.25) is 5.91 Å². The zero-order valence-corrected chi connectivity index (χ0v) is 13.7. The number of aliphatic carboxylic acids is 1. The lowest BCUT2D eigenvalue weighted by Gasteiger charge is -2.05. The zero-order valence-electron chi connectivity index (χ0n) is 13.7. The van der Waals surface area contributed by atoms with E-state index < -0.39 is 12.1 Å². The van der Waals surface area contributed by atoms with Crippen LogP contribution in [0.2, 0.25) is 0 Å². The molecular weight excluding hydrogens is 304 g/mol. The highest BCUT2D eigenvalue weighted by Gasteiger charge is 2.16. The molecule has 132 valence electrons. The number of carbonyl (C=O) groups is 3. The molecule has 2 amide bonds. The molecule has 1 atom stereocenters. The van der Waals surface area contributed by atoms with Crippen molar-refractivity contribution >= 4 is 18.0 Å². The van der Waals surface area contributed by atoms with E-state index >= 15 is 0 Å². The number of allylic oxidation sites excluding steroid dienone is 1. The number of carbonyl (C=O) groups excluding carboxylic acids is 2. The predicted molar refractivity (Wildman–Crippen MR) is 83.8 cm³/mol. The molecule has 1 rings (SSSR count). The molecule has 8 heteroatoms. The molecule has 1 saturated heterocycles. The first kappa shape index (κ1) is 20.9. The minimum atomic E-state index is -0.799. The maximum atomic E-state index is 11.0. The number of nitrogens with two attached hydrogens (primary N) is 1. The van der Waals surface area contributed by atoms with Gasteiger partial charge in [-0.2, -0.15) is 0 Å². The van der Waals surface area contributed by atoms with E-state index in [1.54, 1.807) is 20.2 Å². The summed E-state index contributed by atoms with van der Waals surface area (Å²) in [6.45, 7) is 1.86. The van der Waals surface area contributed by atoms with Crippen molar-refractivity contribution in [3.8, 4) is 0 Å². The van der Waals surface area contributed by atoms with Crippen molar-refractivity contribution in [3.05, 3.63) is 12.2 Å². The molecule has 1 heterocycles. The number of ether oxygens (including phenoxy) is 2. The first-order chi connectivity index (χ1) is 10.8. The number of carboxylic acid groups (broad SMARTS) is 1. The van der Waals surface area contributed by atoms with Crippen LogP contribution in [-0.2, 0) is 19.1 Å². The van der Waals surface area contributed by atoms with Crippen molar-refractivity contribution in [1.29, 1.82) is 0 Å². The van der Waals surface area contributed by atoms with Crippen LogP contribution < -0.4 is 5.73 Å². The zero-order chi connectivity index (χ0) is 17.7. The van der Waals surface area contributed by atoms with Gasteiger partial charge < -0.3 is 25.2 Å². The Morgan fingerprint density at radius 1 is 1.39 bits per heavy atom. The van der Waals surface area contributed by atoms with Gasteiger partial charge in [0.25, 0.3) is 0 Å². The normalized spacial score (nSPS) is 16.5. The largest absolute Gasteiger partial charge is 0.481 e. The van der Waals surface area contributed by atoms with E-state index in [1.165, 1.54) is 11.0 Å². The summed E-state index contributed by atoms with van der Waals surface area (Å²) in [6, 6.07) is 0. The van der Waals surface area contributed by atoms with Gasteiger partial charge in [0, 0.05) is 33.0 Å². The van der Waals surface area contributed by atoms with Gasteiger partial charge in [-0.05, 0) is 25.3 Å². The second-order valence-corrected chi connectivity index (χ2v) is 5.28. The summed E-state index contributed by atoms with van der Waals surface area (Å²) in [5, 5.41) is 8.31. The number of rotatable bonds is 7. The highest BCUT2D eigenvalue weighted by molar-refractivity contribution is 5.87. The monoisotopic (exact) mass is 330 g/mol. The summed E-state index contributed by atoms with van der Waals surface area (Å²) in [7, 11) is 3.34. The summed E-state index contributed by atoms with van der Waals surface area (Å²) in [4.78, 5) is 32.6. The summed E-state index contributed by atoms with van der Waals surface area (Å²) in [5.41, 5.74) is 4.77. The number of primary amides is 1. The average Bonchev–Trinajstić information content (AvgIpc) is 2.98. The fourth-order valence-electron chi connectivity index (χ4n) is 1.62. The van der Waals surface area contributed by atoms with Crippen molar-refractivity contribution in [2.24, 2.45) is 11.7 Å². The molecule has 0 aromatic heterocycles. The molecular formula is C15H26N2O6. The molecule has 0 aromatic rings. The molecule has 1 fully saturated rings. The quantitative estimate of drug-likeness (QED) is 0.531. The number of likely N-dealkylation sites (N-methyl/N-ethyl adjacent to an activating group) is 1. The molecule has 0 radical (unpaired) electrons. The van der Waals surface area contributed by atoms with Gasteiger partial charge >= 0.3 is 12.1 Å². The third-order valence-corrected chi connectivity index (χ3v) is 2.95. The SMILES string of the molecule is CN(C)C(=O)/C=C/CCCC(=O)O.NC(=O)OCC1CCOC1. The molecule has 0 spiro atoms. The fraction of sp³-hybridized carbons (Fsp3) is 0.667. The predicted octanol–water partition coefficient (Wildman–Crippen LogP) is 1.00. The van der Waals surface area contributed by atoms with Gasteiger partial charge in [-0.15, -0.1) is 0 Å². The Morgan fingerprint density at radius 3 is 2.57 bits per heavy atom. The fourth-order valence-corrected chi connectivity index (χ4v) is 1.62. The summed E-state index contributed by atoms with van der Waals surface area (Å²) in [5.74, 6) is -0.518. The van der Waals surface area contributed by atoms with Crippen LogP contribution >= 0.6 is 0 Å². The van der Waals surface area contributed by atoms with Crippen LogP contribution in [0.1, 0.15) is 25.7 Å². The van der Waals surface area contributed by atoms with Gasteiger partial charge in [0.15, 0.2) is 0 Å². The van der Waals surface area contributed by atoms with Gasteiger partial charge in [-0.1, -0.05) is 6.08 Å². The average molecular weight is 330 g/mol. The molecule has 1 aliphatic rings. The molecule has 0 bridgehead atoms. The molecule has 0 aromatic carbocycles. The Morgan fingerprint density at radius 2 is 2.09 bits per heavy atom. The summed E-state index contributed by atoms with van der Waals surface area (Å²) >= 11 is 0.